The van der Waals surface area contributed by atoms with Crippen molar-refractivity contribution in [2.75, 3.05) is 7.11 Å². The van der Waals surface area contributed by atoms with Crippen molar-refractivity contribution >= 4 is 27.6 Å². The fourth-order valence-electron chi connectivity index (χ4n) is 1.50. The fourth-order valence-corrected chi connectivity index (χ4v) is 1.82. The second kappa shape index (κ2) is 5.77. The lowest BCUT2D eigenvalue weighted by atomic mass is 10.0. The number of hydrogen-bond acceptors (Lipinski definition) is 4. The van der Waals surface area contributed by atoms with E-state index < -0.39 is 10.9 Å². The lowest BCUT2D eigenvalue weighted by Crippen LogP contribution is -2.07. The zero-order chi connectivity index (χ0) is 13.0. The van der Waals surface area contributed by atoms with Crippen LogP contribution in [0.2, 0.25) is 0 Å². The van der Waals surface area contributed by atoms with Gasteiger partial charge in [0.25, 0.3) is 5.69 Å². The molecule has 0 saturated carbocycles. The molecule has 0 N–H and O–H groups in total. The van der Waals surface area contributed by atoms with Gasteiger partial charge in [0.1, 0.15) is 0 Å². The van der Waals surface area contributed by atoms with Gasteiger partial charge in [0, 0.05) is 17.0 Å². The third-order valence-electron chi connectivity index (χ3n) is 2.46. The first kappa shape index (κ1) is 13.6. The van der Waals surface area contributed by atoms with Gasteiger partial charge in [-0.25, -0.2) is 0 Å². The van der Waals surface area contributed by atoms with E-state index in [9.17, 15) is 14.9 Å². The van der Waals surface area contributed by atoms with Crippen LogP contribution in [0.1, 0.15) is 16.7 Å². The van der Waals surface area contributed by atoms with E-state index in [0.717, 1.165) is 5.56 Å². The summed E-state index contributed by atoms with van der Waals surface area (Å²) in [4.78, 5) is 21.6. The third-order valence-corrected chi connectivity index (χ3v) is 3.11. The number of hydrogen-bond donors (Lipinski definition) is 0. The monoisotopic (exact) mass is 301 g/mol. The highest BCUT2D eigenvalue weighted by molar-refractivity contribution is 9.08. The van der Waals surface area contributed by atoms with Crippen LogP contribution in [-0.2, 0) is 21.3 Å². The number of carbonyl (C=O) groups excluding carboxylic acids is 1. The van der Waals surface area contributed by atoms with Crippen LogP contribution in [0.15, 0.2) is 12.1 Å². The van der Waals surface area contributed by atoms with E-state index in [1.165, 1.54) is 13.2 Å². The van der Waals surface area contributed by atoms with Gasteiger partial charge in [0.05, 0.1) is 18.5 Å². The van der Waals surface area contributed by atoms with Crippen LogP contribution in [0.5, 0.6) is 0 Å². The second-order valence-corrected chi connectivity index (χ2v) is 4.10. The molecule has 0 aromatic heterocycles. The van der Waals surface area contributed by atoms with Crippen LogP contribution in [0.3, 0.4) is 0 Å². The van der Waals surface area contributed by atoms with E-state index in [-0.39, 0.29) is 12.1 Å². The van der Waals surface area contributed by atoms with Crippen molar-refractivity contribution in [1.29, 1.82) is 0 Å². The van der Waals surface area contributed by atoms with Crippen LogP contribution < -0.4 is 0 Å². The van der Waals surface area contributed by atoms with E-state index >= 15 is 0 Å². The largest absolute Gasteiger partial charge is 0.469 e. The quantitative estimate of drug-likeness (QED) is 0.371. The van der Waals surface area contributed by atoms with Crippen LogP contribution in [0.4, 0.5) is 5.69 Å². The normalized spacial score (nSPS) is 10.1. The minimum absolute atomic E-state index is 0.0286. The van der Waals surface area contributed by atoms with Crippen molar-refractivity contribution in [2.24, 2.45) is 0 Å². The third kappa shape index (κ3) is 3.26. The van der Waals surface area contributed by atoms with E-state index in [2.05, 4.69) is 20.7 Å². The Morgan fingerprint density at radius 3 is 2.65 bits per heavy atom. The Hall–Kier alpha value is -1.43. The highest BCUT2D eigenvalue weighted by atomic mass is 79.9. The molecule has 0 atom stereocenters. The van der Waals surface area contributed by atoms with Crippen molar-refractivity contribution in [1.82, 2.24) is 0 Å². The Morgan fingerprint density at radius 2 is 2.18 bits per heavy atom. The summed E-state index contributed by atoms with van der Waals surface area (Å²) in [5.41, 5.74) is 1.92. The Kier molecular flexibility index (Phi) is 4.62. The maximum Gasteiger partial charge on any atom is 0.309 e. The summed E-state index contributed by atoms with van der Waals surface area (Å²) < 4.78 is 4.56. The molecule has 5 nitrogen and oxygen atoms in total. The highest BCUT2D eigenvalue weighted by Crippen LogP contribution is 2.25. The number of nitrogens with zero attached hydrogens (tertiary/aromatic N) is 1. The zero-order valence-corrected chi connectivity index (χ0v) is 11.1. The van der Waals surface area contributed by atoms with Crippen molar-refractivity contribution < 1.29 is 14.5 Å². The molecule has 6 heteroatoms. The van der Waals surface area contributed by atoms with Crippen molar-refractivity contribution in [3.63, 3.8) is 0 Å². The molecule has 0 radical (unpaired) electrons. The number of methoxy groups -OCH3 is 1. The minimum atomic E-state index is -0.442. The first-order valence-electron chi connectivity index (χ1n) is 4.89. The number of rotatable bonds is 4. The van der Waals surface area contributed by atoms with Crippen LogP contribution in [0.25, 0.3) is 0 Å². The molecular formula is C11H12BrNO4. The molecule has 17 heavy (non-hydrogen) atoms. The summed E-state index contributed by atoms with van der Waals surface area (Å²) in [7, 11) is 1.29. The van der Waals surface area contributed by atoms with Crippen molar-refractivity contribution in [3.05, 3.63) is 38.9 Å². The van der Waals surface area contributed by atoms with Crippen molar-refractivity contribution in [3.8, 4) is 0 Å². The predicted molar refractivity (Wildman–Crippen MR) is 66.2 cm³/mol. The van der Waals surface area contributed by atoms with Gasteiger partial charge in [0.15, 0.2) is 0 Å². The van der Waals surface area contributed by atoms with E-state index in [1.54, 1.807) is 13.0 Å². The molecule has 0 aliphatic carbocycles. The minimum Gasteiger partial charge on any atom is -0.469 e. The molecule has 1 rings (SSSR count). The number of benzene rings is 1. The van der Waals surface area contributed by atoms with E-state index in [0.29, 0.717) is 16.5 Å². The maximum atomic E-state index is 11.2. The SMILES string of the molecule is COC(=O)Cc1cc(CBr)cc([N+](=O)[O-])c1C. The highest BCUT2D eigenvalue weighted by Gasteiger charge is 2.17. The summed E-state index contributed by atoms with van der Waals surface area (Å²) in [6.07, 6.45) is 0.0456. The molecule has 92 valence electrons. The summed E-state index contributed by atoms with van der Waals surface area (Å²) in [6.45, 7) is 1.63. The van der Waals surface area contributed by atoms with Crippen LogP contribution >= 0.6 is 15.9 Å². The fraction of sp³-hybridized carbons (Fsp3) is 0.364. The van der Waals surface area contributed by atoms with Crippen molar-refractivity contribution in [2.45, 2.75) is 18.7 Å². The van der Waals surface area contributed by atoms with E-state index in [1.807, 2.05) is 0 Å². The van der Waals surface area contributed by atoms with Crippen LogP contribution in [0, 0.1) is 17.0 Å². The molecule has 0 spiro atoms. The topological polar surface area (TPSA) is 69.4 Å². The number of alkyl halides is 1. The number of nitro groups is 1. The molecule has 0 saturated heterocycles. The molecule has 1 aromatic rings. The average Bonchev–Trinajstić information content (AvgIpc) is 2.31. The number of carbonyl (C=O) groups is 1. The molecule has 0 aliphatic heterocycles. The molecule has 0 unspecified atom stereocenters. The predicted octanol–water partition coefficient (Wildman–Crippen LogP) is 2.51. The maximum absolute atomic E-state index is 11.2. The van der Waals surface area contributed by atoms with Crippen LogP contribution in [-0.4, -0.2) is 18.0 Å². The van der Waals surface area contributed by atoms with Gasteiger partial charge in [-0.05, 0) is 18.1 Å². The smallest absolute Gasteiger partial charge is 0.309 e. The summed E-state index contributed by atoms with van der Waals surface area (Å²) in [6, 6.07) is 3.28. The van der Waals surface area contributed by atoms with Gasteiger partial charge >= 0.3 is 5.97 Å². The molecule has 0 fully saturated rings. The Bertz CT molecular complexity index is 459. The Morgan fingerprint density at radius 1 is 1.53 bits per heavy atom. The van der Waals surface area contributed by atoms with Gasteiger partial charge in [-0.3, -0.25) is 14.9 Å². The number of halogens is 1. The summed E-state index contributed by atoms with van der Waals surface area (Å²) in [5, 5.41) is 11.4. The van der Waals surface area contributed by atoms with Gasteiger partial charge in [-0.2, -0.15) is 0 Å². The summed E-state index contributed by atoms with van der Waals surface area (Å²) >= 11 is 3.24. The Balaban J connectivity index is 3.23. The number of nitro benzene ring substituents is 1. The van der Waals surface area contributed by atoms with Gasteiger partial charge in [-0.15, -0.1) is 0 Å². The second-order valence-electron chi connectivity index (χ2n) is 3.54. The average molecular weight is 302 g/mol. The molecule has 0 heterocycles. The summed E-state index contributed by atoms with van der Waals surface area (Å²) in [5.74, 6) is -0.408. The number of esters is 1. The lowest BCUT2D eigenvalue weighted by Gasteiger charge is -2.07. The van der Waals surface area contributed by atoms with Gasteiger partial charge in [-0.1, -0.05) is 22.0 Å². The molecule has 0 bridgehead atoms. The molecule has 0 aliphatic rings. The standard InChI is InChI=1S/C11H12BrNO4/c1-7-9(5-11(14)17-2)3-8(6-12)4-10(7)13(15)16/h3-4H,5-6H2,1-2H3. The van der Waals surface area contributed by atoms with Gasteiger partial charge in [0.2, 0.25) is 0 Å². The molecule has 1 aromatic carbocycles. The van der Waals surface area contributed by atoms with E-state index in [4.69, 9.17) is 0 Å². The number of ether oxygens (including phenoxy) is 1. The molecule has 0 amide bonds. The Labute approximate surface area is 107 Å². The lowest BCUT2D eigenvalue weighted by molar-refractivity contribution is -0.385. The molecular weight excluding hydrogens is 290 g/mol. The van der Waals surface area contributed by atoms with Gasteiger partial charge < -0.3 is 4.74 Å². The first-order valence-corrected chi connectivity index (χ1v) is 6.01. The first-order chi connectivity index (χ1) is 7.99. The zero-order valence-electron chi connectivity index (χ0n) is 9.53.